The van der Waals surface area contributed by atoms with Crippen LogP contribution in [0.4, 0.5) is 17.1 Å². The number of nitro benzene ring substituents is 3. The van der Waals surface area contributed by atoms with E-state index in [9.17, 15) is 30.3 Å². The number of benzene rings is 3. The number of nitrogens with zero attached hydrogens (tertiary/aromatic N) is 3. The van der Waals surface area contributed by atoms with E-state index in [1.54, 1.807) is 24.3 Å². The zero-order chi connectivity index (χ0) is 24.1. The predicted octanol–water partition coefficient (Wildman–Crippen LogP) is 6.37. The lowest BCUT2D eigenvalue weighted by Crippen LogP contribution is -2.04. The molecule has 0 spiro atoms. The van der Waals surface area contributed by atoms with Crippen LogP contribution in [0, 0.1) is 44.2 Å². The highest BCUT2D eigenvalue weighted by molar-refractivity contribution is 5.88. The maximum absolute atomic E-state index is 11.9. The Balaban J connectivity index is 2.22. The van der Waals surface area contributed by atoms with E-state index in [0.717, 1.165) is 17.2 Å². The summed E-state index contributed by atoms with van der Waals surface area (Å²) in [5.41, 5.74) is 0.311. The number of nitro groups is 3. The fraction of sp³-hybridized carbons (Fsp3) is 0.0833. The summed E-state index contributed by atoms with van der Waals surface area (Å²) in [5, 5.41) is 35.4. The third kappa shape index (κ3) is 5.34. The summed E-state index contributed by atoms with van der Waals surface area (Å²) in [7, 11) is 0. The van der Waals surface area contributed by atoms with Crippen molar-refractivity contribution in [3.05, 3.63) is 118 Å². The molecular formula is C24H19N3O6. The summed E-state index contributed by atoms with van der Waals surface area (Å²) in [6.07, 6.45) is 5.40. The third-order valence-corrected chi connectivity index (χ3v) is 4.94. The Hall–Kier alpha value is -4.66. The molecule has 0 aliphatic rings. The van der Waals surface area contributed by atoms with Gasteiger partial charge in [0.25, 0.3) is 5.69 Å². The summed E-state index contributed by atoms with van der Waals surface area (Å²) >= 11 is 0. The average Bonchev–Trinajstić information content (AvgIpc) is 2.77. The van der Waals surface area contributed by atoms with Gasteiger partial charge in [-0.2, -0.15) is 0 Å². The normalized spacial score (nSPS) is 11.2. The largest absolute Gasteiger partial charge is 0.360 e. The highest BCUT2D eigenvalue weighted by Gasteiger charge is 2.37. The van der Waals surface area contributed by atoms with E-state index in [1.165, 1.54) is 24.3 Å². The van der Waals surface area contributed by atoms with Gasteiger partial charge in [0.05, 0.1) is 20.3 Å². The quantitative estimate of drug-likeness (QED) is 0.236. The first-order valence-electron chi connectivity index (χ1n) is 9.81. The zero-order valence-electron chi connectivity index (χ0n) is 17.8. The molecule has 0 saturated heterocycles. The van der Waals surface area contributed by atoms with Crippen molar-refractivity contribution >= 4 is 41.4 Å². The molecule has 0 aliphatic heterocycles. The highest BCUT2D eigenvalue weighted by Crippen LogP contribution is 2.42. The first kappa shape index (κ1) is 23.0. The van der Waals surface area contributed by atoms with Crippen LogP contribution in [-0.2, 0) is 0 Å². The molecule has 3 aromatic carbocycles. The van der Waals surface area contributed by atoms with Crippen LogP contribution in [0.5, 0.6) is 0 Å². The van der Waals surface area contributed by atoms with Crippen molar-refractivity contribution in [1.29, 1.82) is 0 Å². The minimum absolute atomic E-state index is 0.230. The van der Waals surface area contributed by atoms with Gasteiger partial charge in [-0.3, -0.25) is 30.3 Å². The predicted molar refractivity (Wildman–Crippen MR) is 127 cm³/mol. The zero-order valence-corrected chi connectivity index (χ0v) is 17.8. The molecule has 0 heterocycles. The van der Waals surface area contributed by atoms with Crippen molar-refractivity contribution in [1.82, 2.24) is 0 Å². The van der Waals surface area contributed by atoms with Gasteiger partial charge in [-0.15, -0.1) is 0 Å². The van der Waals surface area contributed by atoms with Gasteiger partial charge >= 0.3 is 11.4 Å². The van der Waals surface area contributed by atoms with E-state index in [4.69, 9.17) is 0 Å². The van der Waals surface area contributed by atoms with Gasteiger partial charge in [0.1, 0.15) is 5.56 Å². The van der Waals surface area contributed by atoms with Crippen LogP contribution in [0.25, 0.3) is 24.3 Å². The van der Waals surface area contributed by atoms with Crippen LogP contribution in [0.3, 0.4) is 0 Å². The van der Waals surface area contributed by atoms with Crippen molar-refractivity contribution < 1.29 is 14.8 Å². The molecule has 0 atom stereocenters. The molecule has 3 rings (SSSR count). The van der Waals surface area contributed by atoms with Gasteiger partial charge in [0.2, 0.25) is 0 Å². The van der Waals surface area contributed by atoms with Crippen LogP contribution in [-0.4, -0.2) is 14.8 Å². The molecule has 0 bridgehead atoms. The van der Waals surface area contributed by atoms with Gasteiger partial charge in [-0.05, 0) is 37.1 Å². The second-order valence-electron chi connectivity index (χ2n) is 7.36. The fourth-order valence-electron chi connectivity index (χ4n) is 3.22. The van der Waals surface area contributed by atoms with Crippen LogP contribution in [0.15, 0.2) is 54.6 Å². The summed E-state index contributed by atoms with van der Waals surface area (Å²) < 4.78 is 0. The molecule has 166 valence electrons. The molecule has 0 aliphatic carbocycles. The molecule has 3 aromatic rings. The number of hydrogen-bond donors (Lipinski definition) is 0. The van der Waals surface area contributed by atoms with Gasteiger partial charge in [-0.1, -0.05) is 71.8 Å². The van der Waals surface area contributed by atoms with Crippen LogP contribution >= 0.6 is 0 Å². The molecule has 33 heavy (non-hydrogen) atoms. The van der Waals surface area contributed by atoms with Crippen molar-refractivity contribution in [2.75, 3.05) is 0 Å². The van der Waals surface area contributed by atoms with Crippen LogP contribution < -0.4 is 0 Å². The summed E-state index contributed by atoms with van der Waals surface area (Å²) in [5.74, 6) is 0. The lowest BCUT2D eigenvalue weighted by Gasteiger charge is -2.05. The average molecular weight is 445 g/mol. The van der Waals surface area contributed by atoms with Crippen molar-refractivity contribution in [2.24, 2.45) is 0 Å². The molecule has 0 amide bonds. The Labute approximate surface area is 188 Å². The molecule has 9 heteroatoms. The Morgan fingerprint density at radius 2 is 1.06 bits per heavy atom. The van der Waals surface area contributed by atoms with Gasteiger partial charge in [-0.25, -0.2) is 0 Å². The Kier molecular flexibility index (Phi) is 6.73. The van der Waals surface area contributed by atoms with Crippen molar-refractivity contribution in [2.45, 2.75) is 13.8 Å². The summed E-state index contributed by atoms with van der Waals surface area (Å²) in [6.45, 7) is 3.78. The number of aryl methyl sites for hydroxylation is 2. The Morgan fingerprint density at radius 1 is 0.606 bits per heavy atom. The Morgan fingerprint density at radius 3 is 1.48 bits per heavy atom. The van der Waals surface area contributed by atoms with Crippen molar-refractivity contribution in [3.63, 3.8) is 0 Å². The van der Waals surface area contributed by atoms with Crippen LogP contribution in [0.1, 0.15) is 33.4 Å². The molecule has 0 N–H and O–H groups in total. The standard InChI is InChI=1S/C24H19N3O6/c1-16-3-7-18(8-4-16)11-13-20-15-22(25(28)29)21(24(27(32)33)23(20)26(30)31)14-12-19-9-5-17(2)6-10-19/h3-15H,1-2H3/b13-11+,14-12+. The van der Waals surface area contributed by atoms with E-state index in [-0.39, 0.29) is 5.56 Å². The molecule has 0 saturated carbocycles. The maximum atomic E-state index is 11.9. The van der Waals surface area contributed by atoms with E-state index in [0.29, 0.717) is 11.1 Å². The first-order chi connectivity index (χ1) is 15.7. The number of hydrogen-bond acceptors (Lipinski definition) is 6. The lowest BCUT2D eigenvalue weighted by molar-refractivity contribution is -0.424. The van der Waals surface area contributed by atoms with E-state index >= 15 is 0 Å². The molecule has 9 nitrogen and oxygen atoms in total. The maximum Gasteiger partial charge on any atom is 0.360 e. The summed E-state index contributed by atoms with van der Waals surface area (Å²) in [6, 6.07) is 15.3. The van der Waals surface area contributed by atoms with Crippen LogP contribution in [0.2, 0.25) is 0 Å². The summed E-state index contributed by atoms with van der Waals surface area (Å²) in [4.78, 5) is 32.8. The fourth-order valence-corrected chi connectivity index (χ4v) is 3.22. The highest BCUT2D eigenvalue weighted by atomic mass is 16.6. The van der Waals surface area contributed by atoms with Crippen molar-refractivity contribution in [3.8, 4) is 0 Å². The monoisotopic (exact) mass is 445 g/mol. The smallest absolute Gasteiger partial charge is 0.258 e. The number of rotatable bonds is 7. The lowest BCUT2D eigenvalue weighted by atomic mass is 10.0. The van der Waals surface area contributed by atoms with Gasteiger partial charge in [0, 0.05) is 6.07 Å². The first-order valence-corrected chi connectivity index (χ1v) is 9.81. The van der Waals surface area contributed by atoms with E-state index in [2.05, 4.69) is 0 Å². The molecule has 0 fully saturated rings. The topological polar surface area (TPSA) is 129 Å². The van der Waals surface area contributed by atoms with Gasteiger partial charge < -0.3 is 0 Å². The minimum Gasteiger partial charge on any atom is -0.258 e. The van der Waals surface area contributed by atoms with E-state index in [1.807, 2.05) is 38.1 Å². The van der Waals surface area contributed by atoms with Gasteiger partial charge in [0.15, 0.2) is 0 Å². The SMILES string of the molecule is Cc1ccc(/C=C/c2cc([N+](=O)[O-])c(/C=C/c3ccc(C)cc3)c([N+](=O)[O-])c2[N+](=O)[O-])cc1. The minimum atomic E-state index is -0.955. The Bertz CT molecular complexity index is 1290. The molecule has 0 radical (unpaired) electrons. The molecule has 0 aromatic heterocycles. The third-order valence-electron chi connectivity index (χ3n) is 4.94. The molecular weight excluding hydrogens is 426 g/mol. The second-order valence-corrected chi connectivity index (χ2v) is 7.36. The second kappa shape index (κ2) is 9.65. The molecule has 0 unspecified atom stereocenters. The van der Waals surface area contributed by atoms with E-state index < -0.39 is 37.4 Å².